The molecule has 1 atom stereocenters. The van der Waals surface area contributed by atoms with E-state index in [1.54, 1.807) is 17.0 Å². The Balaban J connectivity index is 1.41. The number of carbonyl (C=O) groups excluding carboxylic acids is 2. The number of fused-ring (bicyclic) bond motifs is 2. The van der Waals surface area contributed by atoms with E-state index < -0.39 is 11.5 Å². The standard InChI is InChI=1S/C25H28N2O4/c28-23(20-10-9-18-5-1-2-6-19(18)15-20)16-25(30)21-7-3-4-8-22(21)27(24(25)29)17-26-11-13-31-14-12-26/h3-4,7-10,15,30H,1-2,5-6,11-14,16-17H2. The van der Waals surface area contributed by atoms with Gasteiger partial charge in [0.2, 0.25) is 0 Å². The number of anilines is 1. The van der Waals surface area contributed by atoms with Crippen molar-refractivity contribution in [3.8, 4) is 0 Å². The van der Waals surface area contributed by atoms with Gasteiger partial charge in [-0.2, -0.15) is 0 Å². The van der Waals surface area contributed by atoms with E-state index in [1.807, 2.05) is 30.3 Å². The number of hydrogen-bond acceptors (Lipinski definition) is 5. The fourth-order valence-electron chi connectivity index (χ4n) is 5.00. The van der Waals surface area contributed by atoms with Gasteiger partial charge in [-0.25, -0.2) is 0 Å². The number of amides is 1. The van der Waals surface area contributed by atoms with E-state index in [2.05, 4.69) is 4.90 Å². The minimum atomic E-state index is -1.84. The van der Waals surface area contributed by atoms with Crippen LogP contribution < -0.4 is 4.90 Å². The highest BCUT2D eigenvalue weighted by Gasteiger charge is 2.51. The molecule has 6 heteroatoms. The molecule has 0 aromatic heterocycles. The molecule has 3 aliphatic rings. The summed E-state index contributed by atoms with van der Waals surface area (Å²) in [6, 6.07) is 13.1. The molecule has 31 heavy (non-hydrogen) atoms. The Bertz CT molecular complexity index is 1010. The minimum Gasteiger partial charge on any atom is -0.379 e. The van der Waals surface area contributed by atoms with Crippen molar-refractivity contribution in [1.29, 1.82) is 0 Å². The lowest BCUT2D eigenvalue weighted by Gasteiger charge is -2.31. The van der Waals surface area contributed by atoms with Gasteiger partial charge in [0.05, 0.1) is 32.0 Å². The Labute approximate surface area is 182 Å². The number of Topliss-reactive ketones (excluding diaryl/α,β-unsaturated/α-hetero) is 1. The summed E-state index contributed by atoms with van der Waals surface area (Å²) in [7, 11) is 0. The first kappa shape index (κ1) is 20.4. The van der Waals surface area contributed by atoms with Crippen LogP contribution in [0.15, 0.2) is 42.5 Å². The quantitative estimate of drug-likeness (QED) is 0.753. The van der Waals surface area contributed by atoms with Crippen LogP contribution in [0.1, 0.15) is 46.3 Å². The summed E-state index contributed by atoms with van der Waals surface area (Å²) in [5.41, 5.74) is 2.46. The SMILES string of the molecule is O=C(CC1(O)C(=O)N(CN2CCOCC2)c2ccccc21)c1ccc2c(c1)CCCC2. The lowest BCUT2D eigenvalue weighted by molar-refractivity contribution is -0.136. The van der Waals surface area contributed by atoms with Crippen molar-refractivity contribution in [2.45, 2.75) is 37.7 Å². The molecule has 1 aliphatic carbocycles. The summed E-state index contributed by atoms with van der Waals surface area (Å²) in [5.74, 6) is -0.626. The average Bonchev–Trinajstić information content (AvgIpc) is 3.01. The smallest absolute Gasteiger partial charge is 0.265 e. The van der Waals surface area contributed by atoms with Gasteiger partial charge < -0.3 is 9.84 Å². The highest BCUT2D eigenvalue weighted by molar-refractivity contribution is 6.10. The number of para-hydroxylation sites is 1. The third kappa shape index (κ3) is 3.69. The maximum absolute atomic E-state index is 13.4. The number of ether oxygens (including phenoxy) is 1. The first-order valence-corrected chi connectivity index (χ1v) is 11.2. The maximum atomic E-state index is 13.4. The average molecular weight is 421 g/mol. The van der Waals surface area contributed by atoms with Crippen molar-refractivity contribution < 1.29 is 19.4 Å². The Morgan fingerprint density at radius 3 is 2.58 bits per heavy atom. The highest BCUT2D eigenvalue weighted by atomic mass is 16.5. The maximum Gasteiger partial charge on any atom is 0.265 e. The number of ketones is 1. The molecule has 0 saturated carbocycles. The Hall–Kier alpha value is -2.54. The molecule has 1 fully saturated rings. The molecular weight excluding hydrogens is 392 g/mol. The second-order valence-corrected chi connectivity index (χ2v) is 8.77. The molecular formula is C25H28N2O4. The second-order valence-electron chi connectivity index (χ2n) is 8.77. The van der Waals surface area contributed by atoms with E-state index in [0.29, 0.717) is 36.7 Å². The molecule has 6 nitrogen and oxygen atoms in total. The van der Waals surface area contributed by atoms with Crippen LogP contribution in [0.3, 0.4) is 0 Å². The van der Waals surface area contributed by atoms with Crippen LogP contribution >= 0.6 is 0 Å². The van der Waals surface area contributed by atoms with Gasteiger partial charge in [-0.3, -0.25) is 19.4 Å². The molecule has 0 radical (unpaired) electrons. The Morgan fingerprint density at radius 2 is 1.77 bits per heavy atom. The molecule has 0 bridgehead atoms. The molecule has 1 N–H and O–H groups in total. The van der Waals surface area contributed by atoms with E-state index in [9.17, 15) is 14.7 Å². The number of benzene rings is 2. The number of nitrogens with zero attached hydrogens (tertiary/aromatic N) is 2. The minimum absolute atomic E-state index is 0.202. The van der Waals surface area contributed by atoms with E-state index in [0.717, 1.165) is 32.4 Å². The van der Waals surface area contributed by atoms with Gasteiger partial charge in [0.25, 0.3) is 5.91 Å². The van der Waals surface area contributed by atoms with Crippen LogP contribution in [0.2, 0.25) is 0 Å². The van der Waals surface area contributed by atoms with Crippen LogP contribution in [-0.2, 0) is 28.0 Å². The molecule has 2 aliphatic heterocycles. The summed E-state index contributed by atoms with van der Waals surface area (Å²) >= 11 is 0. The van der Waals surface area contributed by atoms with E-state index >= 15 is 0 Å². The Morgan fingerprint density at radius 1 is 1.03 bits per heavy atom. The zero-order valence-electron chi connectivity index (χ0n) is 17.7. The lowest BCUT2D eigenvalue weighted by atomic mass is 9.85. The van der Waals surface area contributed by atoms with Crippen molar-refractivity contribution in [2.75, 3.05) is 37.9 Å². The van der Waals surface area contributed by atoms with Crippen molar-refractivity contribution >= 4 is 17.4 Å². The molecule has 1 amide bonds. The molecule has 2 aromatic carbocycles. The molecule has 5 rings (SSSR count). The van der Waals surface area contributed by atoms with Gasteiger partial charge in [0.1, 0.15) is 0 Å². The third-order valence-electron chi connectivity index (χ3n) is 6.77. The third-order valence-corrected chi connectivity index (χ3v) is 6.77. The molecule has 0 spiro atoms. The first-order valence-electron chi connectivity index (χ1n) is 11.2. The van der Waals surface area contributed by atoms with Crippen LogP contribution in [-0.4, -0.2) is 54.7 Å². The highest BCUT2D eigenvalue weighted by Crippen LogP contribution is 2.43. The van der Waals surface area contributed by atoms with E-state index in [4.69, 9.17) is 4.74 Å². The van der Waals surface area contributed by atoms with Crippen LogP contribution in [0.25, 0.3) is 0 Å². The lowest BCUT2D eigenvalue weighted by Crippen LogP contribution is -2.49. The van der Waals surface area contributed by atoms with E-state index in [-0.39, 0.29) is 12.2 Å². The molecule has 1 unspecified atom stereocenters. The molecule has 2 heterocycles. The van der Waals surface area contributed by atoms with Crippen molar-refractivity contribution in [2.24, 2.45) is 0 Å². The number of aliphatic hydroxyl groups is 1. The zero-order valence-corrected chi connectivity index (χ0v) is 17.7. The predicted molar refractivity (Wildman–Crippen MR) is 117 cm³/mol. The van der Waals surface area contributed by atoms with Crippen molar-refractivity contribution in [3.63, 3.8) is 0 Å². The summed E-state index contributed by atoms with van der Waals surface area (Å²) < 4.78 is 5.40. The number of hydrogen-bond donors (Lipinski definition) is 1. The van der Waals surface area contributed by atoms with Gasteiger partial charge >= 0.3 is 0 Å². The normalized spacial score (nSPS) is 23.5. The fraction of sp³-hybridized carbons (Fsp3) is 0.440. The largest absolute Gasteiger partial charge is 0.379 e. The molecule has 162 valence electrons. The van der Waals surface area contributed by atoms with Crippen LogP contribution in [0.5, 0.6) is 0 Å². The number of rotatable bonds is 5. The summed E-state index contributed by atoms with van der Waals surface area (Å²) in [4.78, 5) is 30.4. The predicted octanol–water partition coefficient (Wildman–Crippen LogP) is 2.66. The van der Waals surface area contributed by atoms with Crippen LogP contribution in [0, 0.1) is 0 Å². The number of carbonyl (C=O) groups is 2. The molecule has 2 aromatic rings. The topological polar surface area (TPSA) is 70.1 Å². The van der Waals surface area contributed by atoms with Gasteiger partial charge in [-0.05, 0) is 48.9 Å². The summed E-state index contributed by atoms with van der Waals surface area (Å²) in [6.45, 7) is 3.11. The van der Waals surface area contributed by atoms with E-state index in [1.165, 1.54) is 17.5 Å². The van der Waals surface area contributed by atoms with Gasteiger partial charge in [0.15, 0.2) is 11.4 Å². The van der Waals surface area contributed by atoms with Gasteiger partial charge in [0, 0.05) is 24.2 Å². The van der Waals surface area contributed by atoms with Crippen molar-refractivity contribution in [3.05, 3.63) is 64.7 Å². The van der Waals surface area contributed by atoms with Crippen molar-refractivity contribution in [1.82, 2.24) is 4.90 Å². The second kappa shape index (κ2) is 8.19. The number of aryl methyl sites for hydroxylation is 2. The number of morpholine rings is 1. The zero-order chi connectivity index (χ0) is 21.4. The van der Waals surface area contributed by atoms with Crippen LogP contribution in [0.4, 0.5) is 5.69 Å². The molecule has 1 saturated heterocycles. The monoisotopic (exact) mass is 420 g/mol. The Kier molecular flexibility index (Phi) is 5.38. The fourth-order valence-corrected chi connectivity index (χ4v) is 5.00. The first-order chi connectivity index (χ1) is 15.1. The van der Waals surface area contributed by atoms with Gasteiger partial charge in [-0.1, -0.05) is 30.3 Å². The summed E-state index contributed by atoms with van der Waals surface area (Å²) in [5, 5.41) is 11.5. The summed E-state index contributed by atoms with van der Waals surface area (Å²) in [6.07, 6.45) is 4.11. The van der Waals surface area contributed by atoms with Gasteiger partial charge in [-0.15, -0.1) is 0 Å².